The lowest BCUT2D eigenvalue weighted by molar-refractivity contribution is -0.144. The zero-order valence-corrected chi connectivity index (χ0v) is 9.80. The molecule has 0 spiro atoms. The predicted octanol–water partition coefficient (Wildman–Crippen LogP) is 2.68. The van der Waals surface area contributed by atoms with E-state index in [1.165, 1.54) is 18.9 Å². The third kappa shape index (κ3) is 3.75. The topological polar surface area (TPSA) is 63.8 Å². The number of alkyl halides is 3. The summed E-state index contributed by atoms with van der Waals surface area (Å²) in [6, 6.07) is 1.31. The SMILES string of the molecule is Nc1cc(NCCCC2CC2)nc(C(F)(F)F)n1. The van der Waals surface area contributed by atoms with Gasteiger partial charge in [-0.05, 0) is 18.8 Å². The van der Waals surface area contributed by atoms with Crippen LogP contribution in [0.5, 0.6) is 0 Å². The number of anilines is 2. The van der Waals surface area contributed by atoms with E-state index < -0.39 is 12.0 Å². The van der Waals surface area contributed by atoms with Gasteiger partial charge in [0, 0.05) is 12.6 Å². The van der Waals surface area contributed by atoms with Crippen molar-refractivity contribution in [1.29, 1.82) is 0 Å². The molecule has 1 fully saturated rings. The van der Waals surface area contributed by atoms with Crippen molar-refractivity contribution in [1.82, 2.24) is 9.97 Å². The molecule has 0 aromatic carbocycles. The van der Waals surface area contributed by atoms with Crippen LogP contribution in [0, 0.1) is 5.92 Å². The van der Waals surface area contributed by atoms with Crippen molar-refractivity contribution in [2.45, 2.75) is 31.9 Å². The Morgan fingerprint density at radius 3 is 2.67 bits per heavy atom. The molecular weight excluding hydrogens is 245 g/mol. The van der Waals surface area contributed by atoms with Crippen LogP contribution < -0.4 is 11.1 Å². The number of nitrogen functional groups attached to an aromatic ring is 1. The zero-order chi connectivity index (χ0) is 13.2. The first-order valence-electron chi connectivity index (χ1n) is 5.91. The highest BCUT2D eigenvalue weighted by molar-refractivity contribution is 5.44. The average Bonchev–Trinajstić information content (AvgIpc) is 3.06. The van der Waals surface area contributed by atoms with Crippen molar-refractivity contribution in [3.63, 3.8) is 0 Å². The van der Waals surface area contributed by atoms with E-state index >= 15 is 0 Å². The van der Waals surface area contributed by atoms with E-state index in [1.54, 1.807) is 0 Å². The number of hydrogen-bond acceptors (Lipinski definition) is 4. The van der Waals surface area contributed by atoms with Crippen LogP contribution in [-0.4, -0.2) is 16.5 Å². The summed E-state index contributed by atoms with van der Waals surface area (Å²) in [7, 11) is 0. The maximum absolute atomic E-state index is 12.4. The molecule has 1 aromatic heterocycles. The molecule has 1 aromatic rings. The molecule has 7 heteroatoms. The Kier molecular flexibility index (Phi) is 3.58. The van der Waals surface area contributed by atoms with Crippen molar-refractivity contribution in [2.75, 3.05) is 17.6 Å². The smallest absolute Gasteiger partial charge is 0.384 e. The van der Waals surface area contributed by atoms with Gasteiger partial charge in [0.15, 0.2) is 0 Å². The van der Waals surface area contributed by atoms with E-state index in [0.29, 0.717) is 6.54 Å². The van der Waals surface area contributed by atoms with Crippen LogP contribution in [-0.2, 0) is 6.18 Å². The lowest BCUT2D eigenvalue weighted by Gasteiger charge is -2.09. The first-order chi connectivity index (χ1) is 8.45. The molecule has 1 aliphatic rings. The molecular formula is C11H15F3N4. The third-order valence-corrected chi connectivity index (χ3v) is 2.79. The molecule has 4 nitrogen and oxygen atoms in total. The fourth-order valence-electron chi connectivity index (χ4n) is 1.70. The number of nitrogens with two attached hydrogens (primary N) is 1. The number of rotatable bonds is 5. The molecule has 0 aliphatic heterocycles. The van der Waals surface area contributed by atoms with Gasteiger partial charge in [0.25, 0.3) is 0 Å². The van der Waals surface area contributed by atoms with Gasteiger partial charge in [0.05, 0.1) is 0 Å². The van der Waals surface area contributed by atoms with Crippen LogP contribution in [0.25, 0.3) is 0 Å². The van der Waals surface area contributed by atoms with Gasteiger partial charge in [-0.15, -0.1) is 0 Å². The van der Waals surface area contributed by atoms with E-state index in [1.807, 2.05) is 0 Å². The van der Waals surface area contributed by atoms with Gasteiger partial charge in [-0.2, -0.15) is 13.2 Å². The molecule has 100 valence electrons. The van der Waals surface area contributed by atoms with Gasteiger partial charge in [-0.1, -0.05) is 12.8 Å². The summed E-state index contributed by atoms with van der Waals surface area (Å²) in [5.41, 5.74) is 5.33. The molecule has 0 unspecified atom stereocenters. The fourth-order valence-corrected chi connectivity index (χ4v) is 1.70. The van der Waals surface area contributed by atoms with Crippen molar-refractivity contribution in [3.05, 3.63) is 11.9 Å². The molecule has 2 rings (SSSR count). The Bertz CT molecular complexity index is 415. The van der Waals surface area contributed by atoms with E-state index in [2.05, 4.69) is 15.3 Å². The Balaban J connectivity index is 1.92. The van der Waals surface area contributed by atoms with Crippen LogP contribution in [0.15, 0.2) is 6.07 Å². The molecule has 1 saturated carbocycles. The van der Waals surface area contributed by atoms with Crippen LogP contribution in [0.3, 0.4) is 0 Å². The van der Waals surface area contributed by atoms with Gasteiger partial charge < -0.3 is 11.1 Å². The Labute approximate surface area is 103 Å². The summed E-state index contributed by atoms with van der Waals surface area (Å²) in [5.74, 6) is -0.437. The third-order valence-electron chi connectivity index (χ3n) is 2.79. The number of nitrogens with one attached hydrogen (secondary N) is 1. The second kappa shape index (κ2) is 4.99. The summed E-state index contributed by atoms with van der Waals surface area (Å²) < 4.78 is 37.3. The van der Waals surface area contributed by atoms with Crippen LogP contribution in [0.4, 0.5) is 24.8 Å². The highest BCUT2D eigenvalue weighted by Gasteiger charge is 2.35. The van der Waals surface area contributed by atoms with Gasteiger partial charge in [-0.25, -0.2) is 9.97 Å². The lowest BCUT2D eigenvalue weighted by atomic mass is 10.2. The van der Waals surface area contributed by atoms with Crippen LogP contribution in [0.1, 0.15) is 31.5 Å². The van der Waals surface area contributed by atoms with Crippen molar-refractivity contribution in [2.24, 2.45) is 5.92 Å². The van der Waals surface area contributed by atoms with Crippen LogP contribution in [0.2, 0.25) is 0 Å². The Hall–Kier alpha value is -1.53. The molecule has 0 saturated heterocycles. The summed E-state index contributed by atoms with van der Waals surface area (Å²) >= 11 is 0. The van der Waals surface area contributed by atoms with Crippen molar-refractivity contribution < 1.29 is 13.2 Å². The van der Waals surface area contributed by atoms with Crippen molar-refractivity contribution >= 4 is 11.6 Å². The maximum Gasteiger partial charge on any atom is 0.451 e. The maximum atomic E-state index is 12.4. The van der Waals surface area contributed by atoms with Gasteiger partial charge in [0.2, 0.25) is 5.82 Å². The summed E-state index contributed by atoms with van der Waals surface area (Å²) in [5, 5.41) is 2.85. The molecule has 0 amide bonds. The predicted molar refractivity (Wildman–Crippen MR) is 61.9 cm³/mol. The summed E-state index contributed by atoms with van der Waals surface area (Å²) in [4.78, 5) is 6.58. The number of hydrogen-bond donors (Lipinski definition) is 2. The van der Waals surface area contributed by atoms with Crippen molar-refractivity contribution in [3.8, 4) is 0 Å². The standard InChI is InChI=1S/C11H15F3N4/c12-11(13,14)10-17-8(15)6-9(18-10)16-5-1-2-7-3-4-7/h6-7H,1-5H2,(H3,15,16,17,18). The highest BCUT2D eigenvalue weighted by Crippen LogP contribution is 2.33. The summed E-state index contributed by atoms with van der Waals surface area (Å²) in [6.45, 7) is 0.601. The van der Waals surface area contributed by atoms with Gasteiger partial charge >= 0.3 is 6.18 Å². The lowest BCUT2D eigenvalue weighted by Crippen LogP contribution is -2.15. The number of nitrogens with zero attached hydrogens (tertiary/aromatic N) is 2. The van der Waals surface area contributed by atoms with Gasteiger partial charge in [0.1, 0.15) is 11.6 Å². The molecule has 1 aliphatic carbocycles. The van der Waals surface area contributed by atoms with Crippen LogP contribution >= 0.6 is 0 Å². The molecule has 1 heterocycles. The minimum absolute atomic E-state index is 0.130. The average molecular weight is 260 g/mol. The minimum atomic E-state index is -4.57. The first kappa shape index (κ1) is 12.9. The largest absolute Gasteiger partial charge is 0.451 e. The minimum Gasteiger partial charge on any atom is -0.384 e. The number of halogens is 3. The molecule has 0 atom stereocenters. The van der Waals surface area contributed by atoms with E-state index in [4.69, 9.17) is 5.73 Å². The molecule has 0 bridgehead atoms. The second-order valence-electron chi connectivity index (χ2n) is 4.51. The first-order valence-corrected chi connectivity index (χ1v) is 5.91. The Morgan fingerprint density at radius 2 is 2.06 bits per heavy atom. The second-order valence-corrected chi connectivity index (χ2v) is 4.51. The highest BCUT2D eigenvalue weighted by atomic mass is 19.4. The Morgan fingerprint density at radius 1 is 1.33 bits per heavy atom. The fraction of sp³-hybridized carbons (Fsp3) is 0.636. The summed E-state index contributed by atoms with van der Waals surface area (Å²) in [6.07, 6.45) is 0.0206. The molecule has 3 N–H and O–H groups in total. The molecule has 18 heavy (non-hydrogen) atoms. The number of aromatic nitrogens is 2. The van der Waals surface area contributed by atoms with E-state index in [0.717, 1.165) is 18.8 Å². The quantitative estimate of drug-likeness (QED) is 0.799. The monoisotopic (exact) mass is 260 g/mol. The van der Waals surface area contributed by atoms with E-state index in [-0.39, 0.29) is 11.6 Å². The molecule has 0 radical (unpaired) electrons. The normalized spacial score (nSPS) is 15.7. The zero-order valence-electron chi connectivity index (χ0n) is 9.80. The van der Waals surface area contributed by atoms with E-state index in [9.17, 15) is 13.2 Å². The van der Waals surface area contributed by atoms with Gasteiger partial charge in [-0.3, -0.25) is 0 Å².